The van der Waals surface area contributed by atoms with E-state index >= 15 is 0 Å². The molecule has 0 fully saturated rings. The zero-order chi connectivity index (χ0) is 23.3. The molecular weight excluding hydrogens is 445 g/mol. The summed E-state index contributed by atoms with van der Waals surface area (Å²) in [6, 6.07) is 13.5. The van der Waals surface area contributed by atoms with Gasteiger partial charge in [-0.25, -0.2) is 4.79 Å². The van der Waals surface area contributed by atoms with Crippen LogP contribution in [0.1, 0.15) is 29.1 Å². The van der Waals surface area contributed by atoms with Crippen LogP contribution in [0.5, 0.6) is 5.75 Å². The van der Waals surface area contributed by atoms with Gasteiger partial charge in [-0.15, -0.1) is 23.4 Å². The van der Waals surface area contributed by atoms with E-state index in [1.807, 2.05) is 6.07 Å². The lowest BCUT2D eigenvalue weighted by atomic mass is 10.0. The molecule has 0 saturated carbocycles. The predicted molar refractivity (Wildman–Crippen MR) is 110 cm³/mol. The summed E-state index contributed by atoms with van der Waals surface area (Å²) in [7, 11) is 0. The minimum Gasteiger partial charge on any atom is -0.465 e. The van der Waals surface area contributed by atoms with E-state index < -0.39 is 18.5 Å². The maximum atomic E-state index is 12.5. The number of hydrogen-bond acceptors (Lipinski definition) is 6. The Morgan fingerprint density at radius 1 is 1.25 bits per heavy atom. The second-order valence-electron chi connectivity index (χ2n) is 6.62. The van der Waals surface area contributed by atoms with Gasteiger partial charge in [0.1, 0.15) is 15.8 Å². The predicted octanol–water partition coefficient (Wildman–Crippen LogP) is 5.26. The van der Waals surface area contributed by atoms with Crippen LogP contribution in [0.25, 0.3) is 10.6 Å². The summed E-state index contributed by atoms with van der Waals surface area (Å²) in [6.07, 6.45) is -5.67. The van der Waals surface area contributed by atoms with Crippen LogP contribution in [0.15, 0.2) is 48.5 Å². The average molecular weight is 462 g/mol. The van der Waals surface area contributed by atoms with Gasteiger partial charge in [0.15, 0.2) is 0 Å². The van der Waals surface area contributed by atoms with Crippen LogP contribution in [-0.2, 0) is 6.42 Å². The summed E-state index contributed by atoms with van der Waals surface area (Å²) in [5.41, 5.74) is 1.65. The van der Waals surface area contributed by atoms with Crippen molar-refractivity contribution in [3.63, 3.8) is 0 Å². The molecule has 0 bridgehead atoms. The van der Waals surface area contributed by atoms with Gasteiger partial charge in [0.2, 0.25) is 0 Å². The Morgan fingerprint density at radius 2 is 1.97 bits per heavy atom. The first-order valence-corrected chi connectivity index (χ1v) is 10.2. The van der Waals surface area contributed by atoms with Crippen molar-refractivity contribution in [3.8, 4) is 22.4 Å². The molecule has 32 heavy (non-hydrogen) atoms. The van der Waals surface area contributed by atoms with Crippen molar-refractivity contribution in [2.45, 2.75) is 25.7 Å². The van der Waals surface area contributed by atoms with Crippen molar-refractivity contribution in [1.29, 1.82) is 5.26 Å². The number of halogens is 3. The first kappa shape index (κ1) is 23.0. The zero-order valence-corrected chi connectivity index (χ0v) is 17.5. The number of carboxylic acid groups (broad SMARTS) is 1. The van der Waals surface area contributed by atoms with Gasteiger partial charge in [0.25, 0.3) is 0 Å². The summed E-state index contributed by atoms with van der Waals surface area (Å²) < 4.78 is 41.5. The van der Waals surface area contributed by atoms with Gasteiger partial charge in [-0.1, -0.05) is 35.6 Å². The number of nitriles is 1. The van der Waals surface area contributed by atoms with Gasteiger partial charge in [0, 0.05) is 12.1 Å². The quantitative estimate of drug-likeness (QED) is 0.514. The van der Waals surface area contributed by atoms with Crippen LogP contribution in [-0.4, -0.2) is 39.2 Å². The Morgan fingerprint density at radius 3 is 2.56 bits per heavy atom. The molecule has 0 aliphatic carbocycles. The molecule has 11 heteroatoms. The second-order valence-corrected chi connectivity index (χ2v) is 7.63. The van der Waals surface area contributed by atoms with E-state index in [-0.39, 0.29) is 18.7 Å². The number of amides is 1. The Balaban J connectivity index is 1.92. The van der Waals surface area contributed by atoms with Gasteiger partial charge in [-0.3, -0.25) is 4.90 Å². The van der Waals surface area contributed by atoms with Crippen LogP contribution in [0, 0.1) is 11.3 Å². The number of nitrogens with zero attached hydrogens (tertiary/aromatic N) is 4. The highest BCUT2D eigenvalue weighted by Gasteiger charge is 2.31. The molecule has 0 aliphatic heterocycles. The molecule has 0 spiro atoms. The van der Waals surface area contributed by atoms with Gasteiger partial charge < -0.3 is 9.84 Å². The monoisotopic (exact) mass is 462 g/mol. The Kier molecular flexibility index (Phi) is 6.95. The minimum atomic E-state index is -4.82. The third-order valence-electron chi connectivity index (χ3n) is 4.51. The molecule has 0 saturated heterocycles. The first-order chi connectivity index (χ1) is 15.2. The molecule has 1 amide bonds. The van der Waals surface area contributed by atoms with Gasteiger partial charge in [-0.2, -0.15) is 5.26 Å². The molecule has 0 radical (unpaired) electrons. The smallest absolute Gasteiger partial charge is 0.465 e. The number of aromatic nitrogens is 2. The number of alkyl halides is 3. The van der Waals surface area contributed by atoms with Gasteiger partial charge >= 0.3 is 12.5 Å². The molecule has 3 aromatic rings. The SMILES string of the molecule is CCN(C(=O)O)C(Cc1ccc(C#N)cc1)c1nnc(-c2cccc(OC(F)(F)F)c2)s1. The van der Waals surface area contributed by atoms with E-state index in [9.17, 15) is 23.1 Å². The third kappa shape index (κ3) is 5.73. The largest absolute Gasteiger partial charge is 0.573 e. The summed E-state index contributed by atoms with van der Waals surface area (Å²) >= 11 is 1.09. The summed E-state index contributed by atoms with van der Waals surface area (Å²) in [5.74, 6) is -0.387. The lowest BCUT2D eigenvalue weighted by Crippen LogP contribution is -2.34. The normalized spacial score (nSPS) is 12.1. The number of ether oxygens (including phenoxy) is 1. The second kappa shape index (κ2) is 9.65. The number of benzene rings is 2. The molecule has 166 valence electrons. The molecule has 1 aromatic heterocycles. The maximum absolute atomic E-state index is 12.5. The van der Waals surface area contributed by atoms with Crippen molar-refractivity contribution in [2.75, 3.05) is 6.54 Å². The molecular formula is C21H17F3N4O3S. The minimum absolute atomic E-state index is 0.195. The van der Waals surface area contributed by atoms with E-state index in [0.717, 1.165) is 16.9 Å². The Labute approximate surface area is 185 Å². The van der Waals surface area contributed by atoms with Crippen molar-refractivity contribution in [3.05, 3.63) is 64.7 Å². The first-order valence-electron chi connectivity index (χ1n) is 9.38. The van der Waals surface area contributed by atoms with Crippen molar-refractivity contribution in [2.24, 2.45) is 0 Å². The Hall–Kier alpha value is -3.65. The molecule has 1 N–H and O–H groups in total. The molecule has 0 aliphatic rings. The lowest BCUT2D eigenvalue weighted by Gasteiger charge is -2.26. The van der Waals surface area contributed by atoms with Crippen LogP contribution < -0.4 is 4.74 Å². The van der Waals surface area contributed by atoms with Gasteiger partial charge in [0.05, 0.1) is 17.7 Å². The standard InChI is InChI=1S/C21H17F3N4O3S/c1-2-28(20(29)30)17(10-13-6-8-14(12-25)9-7-13)19-27-26-18(32-19)15-4-3-5-16(11-15)31-21(22,23)24/h3-9,11,17H,2,10H2,1H3,(H,29,30). The number of hydrogen-bond donors (Lipinski definition) is 1. The fourth-order valence-electron chi connectivity index (χ4n) is 3.07. The van der Waals surface area contributed by atoms with Crippen LogP contribution >= 0.6 is 11.3 Å². The molecule has 1 unspecified atom stereocenters. The van der Waals surface area contributed by atoms with E-state index in [4.69, 9.17) is 5.26 Å². The fourth-order valence-corrected chi connectivity index (χ4v) is 4.02. The molecule has 7 nitrogen and oxygen atoms in total. The zero-order valence-electron chi connectivity index (χ0n) is 16.7. The number of carbonyl (C=O) groups is 1. The Bertz CT molecular complexity index is 1130. The van der Waals surface area contributed by atoms with Crippen LogP contribution in [0.2, 0.25) is 0 Å². The molecule has 1 heterocycles. The number of rotatable bonds is 7. The van der Waals surface area contributed by atoms with Gasteiger partial charge in [-0.05, 0) is 43.2 Å². The van der Waals surface area contributed by atoms with Crippen molar-refractivity contribution >= 4 is 17.4 Å². The maximum Gasteiger partial charge on any atom is 0.573 e. The lowest BCUT2D eigenvalue weighted by molar-refractivity contribution is -0.274. The number of likely N-dealkylation sites (N-methyl/N-ethyl adjacent to an activating group) is 1. The van der Waals surface area contributed by atoms with Crippen molar-refractivity contribution in [1.82, 2.24) is 15.1 Å². The summed E-state index contributed by atoms with van der Waals surface area (Å²) in [4.78, 5) is 13.0. The highest BCUT2D eigenvalue weighted by atomic mass is 32.1. The van der Waals surface area contributed by atoms with Crippen molar-refractivity contribution < 1.29 is 27.8 Å². The third-order valence-corrected chi connectivity index (χ3v) is 5.59. The molecule has 3 rings (SSSR count). The molecule has 2 aromatic carbocycles. The highest BCUT2D eigenvalue weighted by Crippen LogP contribution is 2.34. The van der Waals surface area contributed by atoms with E-state index in [2.05, 4.69) is 14.9 Å². The summed E-state index contributed by atoms with van der Waals surface area (Å²) in [5, 5.41) is 27.5. The average Bonchev–Trinajstić information content (AvgIpc) is 3.23. The molecule has 1 atom stereocenters. The summed E-state index contributed by atoms with van der Waals surface area (Å²) in [6.45, 7) is 1.89. The topological polar surface area (TPSA) is 99.3 Å². The van der Waals surface area contributed by atoms with Crippen LogP contribution in [0.3, 0.4) is 0 Å². The van der Waals surface area contributed by atoms with E-state index in [1.54, 1.807) is 37.3 Å². The van der Waals surface area contributed by atoms with E-state index in [1.165, 1.54) is 23.1 Å². The highest BCUT2D eigenvalue weighted by molar-refractivity contribution is 7.14. The van der Waals surface area contributed by atoms with E-state index in [0.29, 0.717) is 21.1 Å². The fraction of sp³-hybridized carbons (Fsp3) is 0.238. The van der Waals surface area contributed by atoms with Crippen LogP contribution in [0.4, 0.5) is 18.0 Å².